The predicted octanol–water partition coefficient (Wildman–Crippen LogP) is 5.10. The Morgan fingerprint density at radius 2 is 1.39 bits per heavy atom. The van der Waals surface area contributed by atoms with Gasteiger partial charge in [0.1, 0.15) is 42.3 Å². The minimum absolute atomic E-state index is 0.0138. The Kier molecular flexibility index (Phi) is 18.5. The number of ether oxygens (including phenoxy) is 8. The third kappa shape index (κ3) is 12.3. The Morgan fingerprint density at radius 3 is 1.98 bits per heavy atom. The second-order valence-corrected chi connectivity index (χ2v) is 22.3. The van der Waals surface area contributed by atoms with E-state index in [1.54, 1.807) is 66.7 Å². The number of carbonyl (C=O) groups excluding carboxylic acids is 9. The second kappa shape index (κ2) is 25.2. The number of aliphatic hydroxyl groups is 2. The molecular formula is C60H65N3O19S. The van der Waals surface area contributed by atoms with Crippen LogP contribution in [0.2, 0.25) is 0 Å². The van der Waals surface area contributed by atoms with E-state index in [-0.39, 0.29) is 58.8 Å². The molecular weight excluding hydrogens is 1100 g/mol. The molecule has 0 aromatic heterocycles. The van der Waals surface area contributed by atoms with Crippen LogP contribution in [0.5, 0.6) is 5.75 Å². The lowest BCUT2D eigenvalue weighted by Gasteiger charge is -2.67. The topological polar surface area (TPSA) is 304 Å². The molecule has 23 heteroatoms. The number of amides is 3. The Hall–Kier alpha value is -8.12. The molecule has 4 aliphatic rings. The van der Waals surface area contributed by atoms with Gasteiger partial charge < -0.3 is 53.4 Å². The Labute approximate surface area is 482 Å². The molecule has 1 aliphatic heterocycles. The van der Waals surface area contributed by atoms with E-state index in [0.29, 0.717) is 5.75 Å². The van der Waals surface area contributed by atoms with Crippen molar-refractivity contribution in [3.63, 3.8) is 0 Å². The van der Waals surface area contributed by atoms with E-state index in [0.717, 1.165) is 13.8 Å². The molecule has 8 rings (SSSR count). The molecule has 0 spiro atoms. The van der Waals surface area contributed by atoms with Gasteiger partial charge in [-0.05, 0) is 85.3 Å². The summed E-state index contributed by atoms with van der Waals surface area (Å²) in [6.45, 7) is 6.96. The van der Waals surface area contributed by atoms with Crippen molar-refractivity contribution in [1.82, 2.24) is 16.2 Å². The van der Waals surface area contributed by atoms with Gasteiger partial charge in [0.25, 0.3) is 11.8 Å². The van der Waals surface area contributed by atoms with Crippen molar-refractivity contribution in [3.05, 3.63) is 149 Å². The highest BCUT2D eigenvalue weighted by molar-refractivity contribution is 7.98. The highest BCUT2D eigenvalue weighted by atomic mass is 32.2. The molecule has 440 valence electrons. The monoisotopic (exact) mass is 1160 g/mol. The number of fused-ring (bicyclic) bond motifs is 5. The quantitative estimate of drug-likeness (QED) is 0.0285. The van der Waals surface area contributed by atoms with E-state index in [1.165, 1.54) is 88.0 Å². The molecule has 2 bridgehead atoms. The van der Waals surface area contributed by atoms with Crippen LogP contribution in [0.1, 0.15) is 97.1 Å². The predicted molar refractivity (Wildman–Crippen MR) is 294 cm³/mol. The summed E-state index contributed by atoms with van der Waals surface area (Å²) in [6.07, 6.45) is -10.3. The zero-order chi connectivity index (χ0) is 60.0. The normalized spacial score (nSPS) is 26.4. The molecule has 4 aromatic carbocycles. The lowest BCUT2D eigenvalue weighted by Crippen LogP contribution is -2.82. The van der Waals surface area contributed by atoms with Crippen LogP contribution < -0.4 is 20.9 Å². The summed E-state index contributed by atoms with van der Waals surface area (Å²) >= 11 is 1.47. The molecule has 3 fully saturated rings. The van der Waals surface area contributed by atoms with Crippen LogP contribution in [0, 0.1) is 16.7 Å². The van der Waals surface area contributed by atoms with Crippen molar-refractivity contribution in [2.45, 2.75) is 108 Å². The molecule has 5 N–H and O–H groups in total. The van der Waals surface area contributed by atoms with Crippen molar-refractivity contribution >= 4 is 65.3 Å². The summed E-state index contributed by atoms with van der Waals surface area (Å²) in [6, 6.07) is 27.6. The van der Waals surface area contributed by atoms with Gasteiger partial charge in [-0.25, -0.2) is 24.6 Å². The van der Waals surface area contributed by atoms with Crippen molar-refractivity contribution in [2.75, 3.05) is 31.8 Å². The molecule has 3 aliphatic carbocycles. The highest BCUT2D eigenvalue weighted by Crippen LogP contribution is 2.64. The third-order valence-electron chi connectivity index (χ3n) is 16.0. The average molecular weight is 1160 g/mol. The summed E-state index contributed by atoms with van der Waals surface area (Å²) in [5.74, 6) is -8.61. The largest absolute Gasteiger partial charge is 0.482 e. The SMILES string of the molecule is CSCCOC(=O)NNC(=O)c1ccc(OCC(=O)O[C@@H](C(=O)O[C@H]2C[C@@]3(O)[C@@H](OC(=O)c4ccccc4)[C@@H]4[C@]5(OC(C)=O)CO[C@@H]5C[C@H](O)[C@@]4(C)C(=O)[C@H](OC(C)=O)C(=C2C)C3(C)C)[C@@H](NC(=O)c2ccccc2)c2ccccc2)cc1. The number of carbonyl (C=O) groups is 9. The molecule has 4 aromatic rings. The highest BCUT2D eigenvalue weighted by Gasteiger charge is 2.78. The van der Waals surface area contributed by atoms with Crippen LogP contribution in [0.15, 0.2) is 126 Å². The van der Waals surface area contributed by atoms with E-state index in [2.05, 4.69) is 16.2 Å². The van der Waals surface area contributed by atoms with Crippen LogP contribution in [0.25, 0.3) is 0 Å². The molecule has 11 atom stereocenters. The van der Waals surface area contributed by atoms with Crippen molar-refractivity contribution < 1.29 is 91.3 Å². The lowest BCUT2D eigenvalue weighted by atomic mass is 9.44. The van der Waals surface area contributed by atoms with Crippen LogP contribution in [-0.2, 0) is 57.1 Å². The van der Waals surface area contributed by atoms with Crippen molar-refractivity contribution in [3.8, 4) is 5.75 Å². The van der Waals surface area contributed by atoms with E-state index in [4.69, 9.17) is 37.9 Å². The van der Waals surface area contributed by atoms with Gasteiger partial charge in [-0.2, -0.15) is 11.8 Å². The molecule has 3 amide bonds. The number of aliphatic hydroxyl groups excluding tert-OH is 1. The van der Waals surface area contributed by atoms with Gasteiger partial charge in [-0.15, -0.1) is 0 Å². The van der Waals surface area contributed by atoms with Crippen LogP contribution in [0.4, 0.5) is 4.79 Å². The minimum Gasteiger partial charge on any atom is -0.482 e. The summed E-state index contributed by atoms with van der Waals surface area (Å²) in [5.41, 5.74) is -3.45. The maximum Gasteiger partial charge on any atom is 0.426 e. The third-order valence-corrected chi connectivity index (χ3v) is 16.6. The first-order chi connectivity index (χ1) is 39.5. The molecule has 0 unspecified atom stereocenters. The maximum atomic E-state index is 15.8. The van der Waals surface area contributed by atoms with Crippen LogP contribution in [-0.4, -0.2) is 143 Å². The second-order valence-electron chi connectivity index (χ2n) is 21.3. The maximum absolute atomic E-state index is 15.8. The van der Waals surface area contributed by atoms with Crippen molar-refractivity contribution in [2.24, 2.45) is 16.7 Å². The molecule has 2 saturated carbocycles. The molecule has 0 radical (unpaired) electrons. The number of ketones is 1. The van der Waals surface area contributed by atoms with Gasteiger partial charge in [-0.3, -0.25) is 29.4 Å². The molecule has 83 heavy (non-hydrogen) atoms. The van der Waals surface area contributed by atoms with Gasteiger partial charge in [0.15, 0.2) is 24.1 Å². The number of benzene rings is 4. The number of thioether (sulfide) groups is 1. The van der Waals surface area contributed by atoms with Crippen LogP contribution in [0.3, 0.4) is 0 Å². The molecule has 1 saturated heterocycles. The fourth-order valence-electron chi connectivity index (χ4n) is 11.7. The first-order valence-corrected chi connectivity index (χ1v) is 28.0. The Bertz CT molecular complexity index is 3140. The van der Waals surface area contributed by atoms with E-state index in [9.17, 15) is 43.8 Å². The smallest absolute Gasteiger partial charge is 0.426 e. The van der Waals surface area contributed by atoms with Gasteiger partial charge in [0, 0.05) is 49.0 Å². The minimum atomic E-state index is -2.53. The summed E-state index contributed by atoms with van der Waals surface area (Å²) in [5, 5.41) is 29.1. The zero-order valence-electron chi connectivity index (χ0n) is 46.6. The Morgan fingerprint density at radius 1 is 0.771 bits per heavy atom. The zero-order valence-corrected chi connectivity index (χ0v) is 47.4. The summed E-state index contributed by atoms with van der Waals surface area (Å²) in [4.78, 5) is 125. The number of hydrogen-bond donors (Lipinski definition) is 5. The number of hydrazine groups is 1. The van der Waals surface area contributed by atoms with Crippen LogP contribution >= 0.6 is 11.8 Å². The van der Waals surface area contributed by atoms with E-state index >= 15 is 9.59 Å². The van der Waals surface area contributed by atoms with Gasteiger partial charge >= 0.3 is 35.9 Å². The van der Waals surface area contributed by atoms with Gasteiger partial charge in [0.05, 0.1) is 29.6 Å². The fourth-order valence-corrected chi connectivity index (χ4v) is 12.0. The summed E-state index contributed by atoms with van der Waals surface area (Å²) < 4.78 is 47.6. The molecule has 22 nitrogen and oxygen atoms in total. The van der Waals surface area contributed by atoms with E-state index < -0.39 is 137 Å². The number of nitrogens with one attached hydrogen (secondary N) is 3. The number of rotatable bonds is 18. The van der Waals surface area contributed by atoms with E-state index in [1.807, 2.05) is 6.26 Å². The average Bonchev–Trinajstić information content (AvgIpc) is 1.12. The first-order valence-electron chi connectivity index (χ1n) is 26.6. The number of Topliss-reactive ketones (excluding diaryl/α,β-unsaturated/α-hetero) is 1. The lowest BCUT2D eigenvalue weighted by molar-refractivity contribution is -0.346. The van der Waals surface area contributed by atoms with Gasteiger partial charge in [0.2, 0.25) is 6.10 Å². The number of hydrogen-bond acceptors (Lipinski definition) is 20. The van der Waals surface area contributed by atoms with Gasteiger partial charge in [-0.1, -0.05) is 80.6 Å². The fraction of sp³-hybridized carbons (Fsp3) is 0.417. The standard InChI is InChI=1S/C60H65N3O19S/c1-33-41(30-60(74)51(81-54(71)39-21-15-10-16-22-39)49-58(6,42(66)29-43-59(49,32-77-43)82-35(3)65)50(68)47(78-34(2)64)45(33)57(60,4)5)79-55(72)48(46(36-17-11-8-12-18-36)61-52(69)37-19-13-9-14-20-37)80-44(67)31-76-40-25-23-38(24-26-40)53(70)62-63-56(73)75-27-28-83-7/h8-26,41-43,46-49,51,66,74H,27-32H2,1-7H3,(H,61,69)(H,62,70)(H,63,73)/t41-,42-,43+,46-,47+,48+,49-,51-,58+,59-,60+/m0/s1. The number of esters is 5. The van der Waals surface area contributed by atoms with Crippen molar-refractivity contribution in [1.29, 1.82) is 0 Å². The molecule has 1 heterocycles. The summed E-state index contributed by atoms with van der Waals surface area (Å²) in [7, 11) is 0. The Balaban J connectivity index is 1.19. The first kappa shape index (κ1) is 61.0.